The Hall–Kier alpha value is -2.56. The molecule has 0 saturated carbocycles. The molecule has 1 aromatic carbocycles. The number of rotatable bonds is 5. The summed E-state index contributed by atoms with van der Waals surface area (Å²) in [6.45, 7) is 7.84. The van der Waals surface area contributed by atoms with E-state index >= 15 is 0 Å². The molecule has 176 valence electrons. The highest BCUT2D eigenvalue weighted by atomic mass is 32.1. The minimum absolute atomic E-state index is 0.127. The summed E-state index contributed by atoms with van der Waals surface area (Å²) >= 11 is 1.44. The van der Waals surface area contributed by atoms with Crippen LogP contribution in [0, 0.1) is 6.92 Å². The number of thiazole rings is 1. The van der Waals surface area contributed by atoms with Crippen LogP contribution in [0.15, 0.2) is 36.7 Å². The highest BCUT2D eigenvalue weighted by Gasteiger charge is 2.37. The smallest absolute Gasteiger partial charge is 0.383 e. The topological polar surface area (TPSA) is 74.2 Å². The lowest BCUT2D eigenvalue weighted by Crippen LogP contribution is -2.45. The summed E-state index contributed by atoms with van der Waals surface area (Å²) in [7, 11) is 0. The van der Waals surface area contributed by atoms with Crippen molar-refractivity contribution < 1.29 is 18.3 Å². The third-order valence-corrected chi connectivity index (χ3v) is 7.06. The van der Waals surface area contributed by atoms with Crippen molar-refractivity contribution in [2.75, 3.05) is 18.4 Å². The molecule has 1 saturated heterocycles. The molecule has 4 rings (SSSR count). The van der Waals surface area contributed by atoms with Crippen LogP contribution in [0.4, 0.5) is 24.8 Å². The minimum atomic E-state index is -4.54. The Kier molecular flexibility index (Phi) is 6.43. The molecule has 0 bridgehead atoms. The van der Waals surface area contributed by atoms with E-state index in [-0.39, 0.29) is 5.95 Å². The lowest BCUT2D eigenvalue weighted by atomic mass is 9.91. The van der Waals surface area contributed by atoms with Crippen molar-refractivity contribution in [3.63, 3.8) is 0 Å². The number of aromatic nitrogens is 3. The van der Waals surface area contributed by atoms with Gasteiger partial charge < -0.3 is 15.3 Å². The standard InChI is InChI=1S/C23H26F3N5OS/c1-14(2)31-8-5-22(32,6-9-31)20-28-13-18(33-20)16-10-15(3)11-17(12-16)29-21-27-7-4-19(30-21)23(24,25)26/h4,7,10-14,32H,5-6,8-9H2,1-3H3,(H,27,29,30). The number of benzene rings is 1. The van der Waals surface area contributed by atoms with Gasteiger partial charge in [0.1, 0.15) is 16.3 Å². The summed E-state index contributed by atoms with van der Waals surface area (Å²) in [6.07, 6.45) is -0.458. The number of aryl methyl sites for hydroxylation is 1. The van der Waals surface area contributed by atoms with Crippen molar-refractivity contribution in [3.8, 4) is 10.4 Å². The van der Waals surface area contributed by atoms with Crippen molar-refractivity contribution in [3.05, 3.63) is 52.9 Å². The van der Waals surface area contributed by atoms with E-state index in [1.165, 1.54) is 11.3 Å². The first-order chi connectivity index (χ1) is 15.5. The van der Waals surface area contributed by atoms with Gasteiger partial charge in [-0.05, 0) is 62.9 Å². The normalized spacial score (nSPS) is 16.8. The van der Waals surface area contributed by atoms with Gasteiger partial charge in [-0.15, -0.1) is 11.3 Å². The zero-order valence-electron chi connectivity index (χ0n) is 18.6. The average molecular weight is 478 g/mol. The van der Waals surface area contributed by atoms with Crippen LogP contribution in [0.25, 0.3) is 10.4 Å². The summed E-state index contributed by atoms with van der Waals surface area (Å²) in [5, 5.41) is 14.8. The van der Waals surface area contributed by atoms with Gasteiger partial charge in [-0.25, -0.2) is 15.0 Å². The average Bonchev–Trinajstić information content (AvgIpc) is 3.25. The van der Waals surface area contributed by atoms with Crippen LogP contribution in [-0.2, 0) is 11.8 Å². The number of nitrogens with one attached hydrogen (secondary N) is 1. The molecule has 3 heterocycles. The molecular weight excluding hydrogens is 451 g/mol. The molecule has 0 atom stereocenters. The van der Waals surface area contributed by atoms with Crippen LogP contribution in [0.2, 0.25) is 0 Å². The summed E-state index contributed by atoms with van der Waals surface area (Å²) in [6, 6.07) is 6.88. The van der Waals surface area contributed by atoms with E-state index in [1.54, 1.807) is 6.20 Å². The number of hydrogen-bond acceptors (Lipinski definition) is 7. The van der Waals surface area contributed by atoms with Crippen molar-refractivity contribution in [1.82, 2.24) is 19.9 Å². The second-order valence-corrected chi connectivity index (χ2v) is 9.70. The van der Waals surface area contributed by atoms with Crippen LogP contribution in [0.3, 0.4) is 0 Å². The van der Waals surface area contributed by atoms with E-state index in [4.69, 9.17) is 0 Å². The van der Waals surface area contributed by atoms with Gasteiger partial charge in [0.25, 0.3) is 0 Å². The molecule has 0 aliphatic carbocycles. The van der Waals surface area contributed by atoms with Gasteiger partial charge in [-0.1, -0.05) is 6.07 Å². The van der Waals surface area contributed by atoms with Gasteiger partial charge in [0.05, 0.1) is 4.88 Å². The molecule has 33 heavy (non-hydrogen) atoms. The van der Waals surface area contributed by atoms with E-state index in [9.17, 15) is 18.3 Å². The van der Waals surface area contributed by atoms with Gasteiger partial charge in [-0.2, -0.15) is 13.2 Å². The Bertz CT molecular complexity index is 1120. The second kappa shape index (κ2) is 9.00. The zero-order valence-corrected chi connectivity index (χ0v) is 19.5. The van der Waals surface area contributed by atoms with Crippen LogP contribution in [-0.4, -0.2) is 44.1 Å². The first-order valence-electron chi connectivity index (χ1n) is 10.8. The predicted octanol–water partition coefficient (Wildman–Crippen LogP) is 5.36. The predicted molar refractivity (Wildman–Crippen MR) is 122 cm³/mol. The Balaban J connectivity index is 1.55. The molecule has 1 aliphatic rings. The number of hydrogen-bond donors (Lipinski definition) is 2. The summed E-state index contributed by atoms with van der Waals surface area (Å²) < 4.78 is 38.9. The molecule has 0 spiro atoms. The first kappa shape index (κ1) is 23.6. The van der Waals surface area contributed by atoms with E-state index in [0.717, 1.165) is 41.4 Å². The van der Waals surface area contributed by atoms with Crippen LogP contribution in [0.5, 0.6) is 0 Å². The molecule has 1 aliphatic heterocycles. The number of likely N-dealkylation sites (tertiary alicyclic amines) is 1. The van der Waals surface area contributed by atoms with Crippen molar-refractivity contribution in [2.24, 2.45) is 0 Å². The molecule has 0 unspecified atom stereocenters. The Morgan fingerprint density at radius 1 is 1.15 bits per heavy atom. The van der Waals surface area contributed by atoms with Crippen molar-refractivity contribution in [2.45, 2.75) is 51.4 Å². The largest absolute Gasteiger partial charge is 0.433 e. The van der Waals surface area contributed by atoms with Crippen LogP contribution >= 0.6 is 11.3 Å². The van der Waals surface area contributed by atoms with E-state index in [1.807, 2.05) is 25.1 Å². The van der Waals surface area contributed by atoms with Gasteiger partial charge in [0, 0.05) is 37.2 Å². The molecule has 6 nitrogen and oxygen atoms in total. The van der Waals surface area contributed by atoms with E-state index in [0.29, 0.717) is 29.6 Å². The maximum absolute atomic E-state index is 13.0. The monoisotopic (exact) mass is 477 g/mol. The fourth-order valence-corrected chi connectivity index (χ4v) is 5.00. The first-order valence-corrected chi connectivity index (χ1v) is 11.6. The molecule has 10 heteroatoms. The number of nitrogens with zero attached hydrogens (tertiary/aromatic N) is 4. The summed E-state index contributed by atoms with van der Waals surface area (Å²) in [5.41, 5.74) is 0.405. The third-order valence-electron chi connectivity index (χ3n) is 5.82. The Morgan fingerprint density at radius 2 is 1.88 bits per heavy atom. The van der Waals surface area contributed by atoms with Crippen LogP contribution < -0.4 is 5.32 Å². The number of alkyl halides is 3. The molecule has 3 aromatic rings. The fraction of sp³-hybridized carbons (Fsp3) is 0.435. The van der Waals surface area contributed by atoms with E-state index < -0.39 is 17.5 Å². The third kappa shape index (κ3) is 5.34. The summed E-state index contributed by atoms with van der Waals surface area (Å²) in [5.74, 6) is -0.127. The van der Waals surface area contributed by atoms with Gasteiger partial charge in [0.15, 0.2) is 0 Å². The molecule has 2 N–H and O–H groups in total. The number of halogens is 3. The molecule has 0 radical (unpaired) electrons. The minimum Gasteiger partial charge on any atom is -0.383 e. The Morgan fingerprint density at radius 3 is 2.55 bits per heavy atom. The number of piperidine rings is 1. The Labute approximate surface area is 194 Å². The van der Waals surface area contributed by atoms with Crippen LogP contribution in [0.1, 0.15) is 43.0 Å². The highest BCUT2D eigenvalue weighted by Crippen LogP contribution is 2.39. The number of aliphatic hydroxyl groups is 1. The second-order valence-electron chi connectivity index (χ2n) is 8.67. The quantitative estimate of drug-likeness (QED) is 0.515. The fourth-order valence-electron chi connectivity index (χ4n) is 3.95. The maximum Gasteiger partial charge on any atom is 0.433 e. The van der Waals surface area contributed by atoms with Gasteiger partial charge in [-0.3, -0.25) is 0 Å². The highest BCUT2D eigenvalue weighted by molar-refractivity contribution is 7.15. The molecule has 0 amide bonds. The molecular formula is C23H26F3N5OS. The molecule has 1 fully saturated rings. The molecule has 2 aromatic heterocycles. The summed E-state index contributed by atoms with van der Waals surface area (Å²) in [4.78, 5) is 15.2. The lowest BCUT2D eigenvalue weighted by Gasteiger charge is -2.38. The maximum atomic E-state index is 13.0. The lowest BCUT2D eigenvalue weighted by molar-refractivity contribution is -0.141. The SMILES string of the molecule is Cc1cc(Nc2nccc(C(F)(F)F)n2)cc(-c2cnc(C3(O)CCN(C(C)C)CC3)s2)c1. The van der Waals surface area contributed by atoms with Crippen molar-refractivity contribution in [1.29, 1.82) is 0 Å². The zero-order chi connectivity index (χ0) is 23.8. The van der Waals surface area contributed by atoms with E-state index in [2.05, 4.69) is 39.0 Å². The number of anilines is 2. The van der Waals surface area contributed by atoms with Gasteiger partial charge >= 0.3 is 6.18 Å². The van der Waals surface area contributed by atoms with Gasteiger partial charge in [0.2, 0.25) is 5.95 Å². The van der Waals surface area contributed by atoms with Crippen molar-refractivity contribution >= 4 is 23.0 Å².